The standard InChI is InChI=1S/C18H19F3O3/c1-10(2)13-8-14(17(24-3)16(23)15(13)9-22)11-4-6-12(7-5-11)18(19,20)21/h4-8,10,22-23H,9H2,1-3H3. The summed E-state index contributed by atoms with van der Waals surface area (Å²) in [6, 6.07) is 6.38. The first kappa shape index (κ1) is 18.1. The van der Waals surface area contributed by atoms with Crippen LogP contribution in [-0.2, 0) is 12.8 Å². The summed E-state index contributed by atoms with van der Waals surface area (Å²) in [7, 11) is 1.36. The number of hydrogen-bond donors (Lipinski definition) is 2. The van der Waals surface area contributed by atoms with Crippen molar-refractivity contribution in [1.82, 2.24) is 0 Å². The Balaban J connectivity index is 2.65. The van der Waals surface area contributed by atoms with Crippen molar-refractivity contribution in [2.24, 2.45) is 0 Å². The maximum absolute atomic E-state index is 12.7. The fraction of sp³-hybridized carbons (Fsp3) is 0.333. The van der Waals surface area contributed by atoms with Crippen LogP contribution in [0.1, 0.15) is 36.5 Å². The zero-order valence-electron chi connectivity index (χ0n) is 13.6. The number of halogens is 3. The summed E-state index contributed by atoms with van der Waals surface area (Å²) in [5.41, 5.74) is 1.29. The second-order valence-corrected chi connectivity index (χ2v) is 5.76. The molecule has 0 spiro atoms. The molecular formula is C18H19F3O3. The van der Waals surface area contributed by atoms with Gasteiger partial charge in [0.15, 0.2) is 11.5 Å². The molecule has 0 bridgehead atoms. The number of phenols is 1. The molecule has 24 heavy (non-hydrogen) atoms. The highest BCUT2D eigenvalue weighted by Crippen LogP contribution is 2.44. The molecular weight excluding hydrogens is 321 g/mol. The lowest BCUT2D eigenvalue weighted by Crippen LogP contribution is -2.04. The summed E-state index contributed by atoms with van der Waals surface area (Å²) in [6.45, 7) is 3.44. The molecule has 0 aliphatic rings. The highest BCUT2D eigenvalue weighted by atomic mass is 19.4. The van der Waals surface area contributed by atoms with E-state index in [1.165, 1.54) is 19.2 Å². The van der Waals surface area contributed by atoms with Gasteiger partial charge in [-0.05, 0) is 35.2 Å². The largest absolute Gasteiger partial charge is 0.504 e. The Hall–Kier alpha value is -2.21. The topological polar surface area (TPSA) is 49.7 Å². The predicted octanol–water partition coefficient (Wildman–Crippen LogP) is 4.70. The molecule has 2 aromatic carbocycles. The van der Waals surface area contributed by atoms with Gasteiger partial charge in [0, 0.05) is 11.1 Å². The Kier molecular flexibility index (Phi) is 5.08. The molecule has 2 N–H and O–H groups in total. The van der Waals surface area contributed by atoms with Crippen molar-refractivity contribution in [1.29, 1.82) is 0 Å². The van der Waals surface area contributed by atoms with Crippen molar-refractivity contribution >= 4 is 0 Å². The minimum Gasteiger partial charge on any atom is -0.504 e. The summed E-state index contributed by atoms with van der Waals surface area (Å²) in [5, 5.41) is 19.9. The molecule has 2 aromatic rings. The fourth-order valence-electron chi connectivity index (χ4n) is 2.65. The van der Waals surface area contributed by atoms with E-state index >= 15 is 0 Å². The Bertz CT molecular complexity index is 720. The first-order valence-electron chi connectivity index (χ1n) is 7.41. The Morgan fingerprint density at radius 1 is 1.12 bits per heavy atom. The van der Waals surface area contributed by atoms with Gasteiger partial charge in [0.05, 0.1) is 19.3 Å². The van der Waals surface area contributed by atoms with Gasteiger partial charge in [-0.25, -0.2) is 0 Å². The summed E-state index contributed by atoms with van der Waals surface area (Å²) in [6.07, 6.45) is -4.41. The van der Waals surface area contributed by atoms with Crippen LogP contribution in [-0.4, -0.2) is 17.3 Å². The number of aliphatic hydroxyl groups excluding tert-OH is 1. The van der Waals surface area contributed by atoms with E-state index in [1.54, 1.807) is 6.07 Å². The molecule has 0 radical (unpaired) electrons. The van der Waals surface area contributed by atoms with Gasteiger partial charge in [0.1, 0.15) is 0 Å². The van der Waals surface area contributed by atoms with Crippen LogP contribution in [0, 0.1) is 0 Å². The number of aliphatic hydroxyl groups is 1. The summed E-state index contributed by atoms with van der Waals surface area (Å²) in [5.74, 6) is -0.0542. The highest BCUT2D eigenvalue weighted by molar-refractivity contribution is 5.76. The van der Waals surface area contributed by atoms with Gasteiger partial charge in [-0.3, -0.25) is 0 Å². The fourth-order valence-corrected chi connectivity index (χ4v) is 2.65. The summed E-state index contributed by atoms with van der Waals surface area (Å²) >= 11 is 0. The predicted molar refractivity (Wildman–Crippen MR) is 85.1 cm³/mol. The van der Waals surface area contributed by atoms with Gasteiger partial charge in [0.25, 0.3) is 0 Å². The normalized spacial score (nSPS) is 11.8. The molecule has 6 heteroatoms. The second kappa shape index (κ2) is 6.73. The van der Waals surface area contributed by atoms with E-state index < -0.39 is 11.7 Å². The average molecular weight is 340 g/mol. The van der Waals surface area contributed by atoms with Crippen LogP contribution in [0.25, 0.3) is 11.1 Å². The van der Waals surface area contributed by atoms with Crippen LogP contribution in [0.4, 0.5) is 13.2 Å². The van der Waals surface area contributed by atoms with Crippen molar-refractivity contribution in [3.8, 4) is 22.6 Å². The third-order valence-corrected chi connectivity index (χ3v) is 3.90. The lowest BCUT2D eigenvalue weighted by molar-refractivity contribution is -0.137. The zero-order chi connectivity index (χ0) is 18.1. The van der Waals surface area contributed by atoms with Crippen LogP contribution in [0.15, 0.2) is 30.3 Å². The number of benzene rings is 2. The quantitative estimate of drug-likeness (QED) is 0.848. The molecule has 0 atom stereocenters. The van der Waals surface area contributed by atoms with Gasteiger partial charge >= 0.3 is 6.18 Å². The third kappa shape index (κ3) is 3.33. The summed E-state index contributed by atoms with van der Waals surface area (Å²) in [4.78, 5) is 0. The van der Waals surface area contributed by atoms with Crippen LogP contribution in [0.5, 0.6) is 11.5 Å². The number of alkyl halides is 3. The second-order valence-electron chi connectivity index (χ2n) is 5.76. The highest BCUT2D eigenvalue weighted by Gasteiger charge is 2.30. The van der Waals surface area contributed by atoms with Crippen LogP contribution in [0.3, 0.4) is 0 Å². The van der Waals surface area contributed by atoms with Gasteiger partial charge in [0.2, 0.25) is 0 Å². The van der Waals surface area contributed by atoms with E-state index in [-0.39, 0.29) is 24.0 Å². The van der Waals surface area contributed by atoms with Crippen LogP contribution < -0.4 is 4.74 Å². The number of hydrogen-bond acceptors (Lipinski definition) is 3. The molecule has 0 heterocycles. The average Bonchev–Trinajstić information content (AvgIpc) is 2.53. The Morgan fingerprint density at radius 2 is 1.71 bits per heavy atom. The first-order chi connectivity index (χ1) is 11.2. The van der Waals surface area contributed by atoms with E-state index in [9.17, 15) is 23.4 Å². The van der Waals surface area contributed by atoms with Crippen molar-refractivity contribution in [3.63, 3.8) is 0 Å². The van der Waals surface area contributed by atoms with Crippen molar-refractivity contribution in [3.05, 3.63) is 47.0 Å². The third-order valence-electron chi connectivity index (χ3n) is 3.90. The Labute approximate surface area is 138 Å². The van der Waals surface area contributed by atoms with Gasteiger partial charge < -0.3 is 14.9 Å². The summed E-state index contributed by atoms with van der Waals surface area (Å²) < 4.78 is 43.3. The number of ether oxygens (including phenoxy) is 1. The number of methoxy groups -OCH3 is 1. The monoisotopic (exact) mass is 340 g/mol. The van der Waals surface area contributed by atoms with Crippen molar-refractivity contribution in [2.45, 2.75) is 32.5 Å². The zero-order valence-corrected chi connectivity index (χ0v) is 13.6. The SMILES string of the molecule is COc1c(-c2ccc(C(F)(F)F)cc2)cc(C(C)C)c(CO)c1O. The number of rotatable bonds is 4. The minimum absolute atomic E-state index is 0.0113. The van der Waals surface area contributed by atoms with Crippen LogP contribution in [0.2, 0.25) is 0 Å². The van der Waals surface area contributed by atoms with E-state index in [2.05, 4.69) is 0 Å². The Morgan fingerprint density at radius 3 is 2.12 bits per heavy atom. The molecule has 2 rings (SSSR count). The molecule has 3 nitrogen and oxygen atoms in total. The van der Waals surface area contributed by atoms with E-state index in [4.69, 9.17) is 4.74 Å². The molecule has 130 valence electrons. The van der Waals surface area contributed by atoms with Gasteiger partial charge in [-0.15, -0.1) is 0 Å². The number of aromatic hydroxyl groups is 1. The molecule has 0 fully saturated rings. The smallest absolute Gasteiger partial charge is 0.416 e. The van der Waals surface area contributed by atoms with Crippen LogP contribution >= 0.6 is 0 Å². The molecule has 0 aliphatic heterocycles. The van der Waals surface area contributed by atoms with E-state index in [0.717, 1.165) is 12.1 Å². The van der Waals surface area contributed by atoms with E-state index in [0.29, 0.717) is 22.3 Å². The van der Waals surface area contributed by atoms with Crippen molar-refractivity contribution < 1.29 is 28.1 Å². The maximum Gasteiger partial charge on any atom is 0.416 e. The van der Waals surface area contributed by atoms with Crippen molar-refractivity contribution in [2.75, 3.05) is 7.11 Å². The molecule has 0 saturated carbocycles. The lowest BCUT2D eigenvalue weighted by Gasteiger charge is -2.19. The lowest BCUT2D eigenvalue weighted by atomic mass is 9.91. The minimum atomic E-state index is -4.41. The maximum atomic E-state index is 12.7. The molecule has 0 aliphatic carbocycles. The molecule has 0 amide bonds. The van der Waals surface area contributed by atoms with E-state index in [1.807, 2.05) is 13.8 Å². The molecule has 0 aromatic heterocycles. The van der Waals surface area contributed by atoms with Gasteiger partial charge in [-0.2, -0.15) is 13.2 Å². The van der Waals surface area contributed by atoms with Gasteiger partial charge in [-0.1, -0.05) is 26.0 Å². The molecule has 0 saturated heterocycles. The molecule has 0 unspecified atom stereocenters. The first-order valence-corrected chi connectivity index (χ1v) is 7.41.